The first-order chi connectivity index (χ1) is 9.56. The van der Waals surface area contributed by atoms with Crippen LogP contribution >= 0.6 is 11.8 Å². The second kappa shape index (κ2) is 6.56. The van der Waals surface area contributed by atoms with Gasteiger partial charge in [0.2, 0.25) is 5.91 Å². The van der Waals surface area contributed by atoms with Gasteiger partial charge in [0, 0.05) is 26.0 Å². The zero-order chi connectivity index (χ0) is 14.5. The van der Waals surface area contributed by atoms with Crippen LogP contribution in [0.15, 0.2) is 35.7 Å². The van der Waals surface area contributed by atoms with Gasteiger partial charge in [-0.2, -0.15) is 0 Å². The fourth-order valence-corrected chi connectivity index (χ4v) is 2.38. The van der Waals surface area contributed by atoms with Crippen molar-refractivity contribution in [1.82, 2.24) is 14.9 Å². The smallest absolute Gasteiger partial charge is 0.230 e. The first kappa shape index (κ1) is 14.6. The minimum atomic E-state index is -0.251. The molecule has 0 spiro atoms. The number of aromatic nitrogens is 2. The molecule has 0 aliphatic heterocycles. The Bertz CT molecular complexity index is 612. The van der Waals surface area contributed by atoms with Crippen LogP contribution in [-0.2, 0) is 18.4 Å². The molecule has 0 unspecified atom stereocenters. The minimum absolute atomic E-state index is 0.0982. The molecule has 0 aliphatic carbocycles. The lowest BCUT2D eigenvalue weighted by Gasteiger charge is -2.06. The van der Waals surface area contributed by atoms with Gasteiger partial charge in [0.05, 0.1) is 5.75 Å². The van der Waals surface area contributed by atoms with E-state index in [1.165, 1.54) is 17.8 Å². The molecular weight excluding hydrogens is 277 g/mol. The second-order valence-electron chi connectivity index (χ2n) is 4.47. The molecule has 20 heavy (non-hydrogen) atoms. The van der Waals surface area contributed by atoms with Crippen LogP contribution in [0, 0.1) is 12.7 Å². The van der Waals surface area contributed by atoms with Gasteiger partial charge >= 0.3 is 0 Å². The van der Waals surface area contributed by atoms with Crippen LogP contribution in [0.5, 0.6) is 0 Å². The van der Waals surface area contributed by atoms with Gasteiger partial charge in [-0.25, -0.2) is 9.37 Å². The third-order valence-corrected chi connectivity index (χ3v) is 3.89. The van der Waals surface area contributed by atoms with Crippen molar-refractivity contribution in [2.45, 2.75) is 18.6 Å². The molecule has 1 heterocycles. The zero-order valence-electron chi connectivity index (χ0n) is 11.4. The summed E-state index contributed by atoms with van der Waals surface area (Å²) in [6.45, 7) is 2.04. The molecule has 4 nitrogen and oxygen atoms in total. The summed E-state index contributed by atoms with van der Waals surface area (Å²) < 4.78 is 15.2. The summed E-state index contributed by atoms with van der Waals surface area (Å²) in [7, 11) is 1.88. The van der Waals surface area contributed by atoms with Crippen LogP contribution in [0.4, 0.5) is 4.39 Å². The maximum absolute atomic E-state index is 13.4. The maximum Gasteiger partial charge on any atom is 0.230 e. The molecule has 1 aromatic carbocycles. The number of halogens is 1. The molecule has 2 rings (SSSR count). The molecule has 0 atom stereocenters. The number of carbonyl (C=O) groups is 1. The molecule has 0 bridgehead atoms. The van der Waals surface area contributed by atoms with E-state index in [4.69, 9.17) is 0 Å². The number of hydrogen-bond acceptors (Lipinski definition) is 3. The quantitative estimate of drug-likeness (QED) is 0.860. The molecule has 1 aromatic heterocycles. The number of rotatable bonds is 5. The number of thioether (sulfide) groups is 1. The number of hydrogen-bond donors (Lipinski definition) is 1. The first-order valence-electron chi connectivity index (χ1n) is 6.18. The predicted molar refractivity (Wildman–Crippen MR) is 76.9 cm³/mol. The summed E-state index contributed by atoms with van der Waals surface area (Å²) in [5.41, 5.74) is 1.36. The van der Waals surface area contributed by atoms with Crippen molar-refractivity contribution in [3.63, 3.8) is 0 Å². The Morgan fingerprint density at radius 2 is 2.30 bits per heavy atom. The Morgan fingerprint density at radius 3 is 2.95 bits per heavy atom. The van der Waals surface area contributed by atoms with E-state index >= 15 is 0 Å². The monoisotopic (exact) mass is 293 g/mol. The van der Waals surface area contributed by atoms with E-state index < -0.39 is 0 Å². The lowest BCUT2D eigenvalue weighted by Crippen LogP contribution is -2.24. The number of nitrogens with one attached hydrogen (secondary N) is 1. The number of carbonyl (C=O) groups excluding carboxylic acids is 1. The third kappa shape index (κ3) is 3.84. The van der Waals surface area contributed by atoms with Gasteiger partial charge < -0.3 is 9.88 Å². The van der Waals surface area contributed by atoms with Gasteiger partial charge in [-0.1, -0.05) is 23.9 Å². The van der Waals surface area contributed by atoms with Crippen molar-refractivity contribution >= 4 is 17.7 Å². The molecule has 0 aliphatic rings. The molecule has 6 heteroatoms. The van der Waals surface area contributed by atoms with E-state index in [0.717, 1.165) is 10.7 Å². The predicted octanol–water partition coefficient (Wildman–Crippen LogP) is 2.28. The Balaban J connectivity index is 1.80. The van der Waals surface area contributed by atoms with Crippen molar-refractivity contribution in [2.75, 3.05) is 5.75 Å². The standard InChI is InChI=1S/C14H16FN3OS/c1-10-3-4-11(7-12(10)15)8-17-13(19)9-20-14-16-5-6-18(14)2/h3-7H,8-9H2,1-2H3,(H,17,19). The van der Waals surface area contributed by atoms with Crippen LogP contribution in [0.2, 0.25) is 0 Å². The van der Waals surface area contributed by atoms with Crippen LogP contribution < -0.4 is 5.32 Å². The maximum atomic E-state index is 13.4. The molecule has 0 radical (unpaired) electrons. The van der Waals surface area contributed by atoms with E-state index in [1.54, 1.807) is 19.2 Å². The molecule has 0 fully saturated rings. The van der Waals surface area contributed by atoms with E-state index in [2.05, 4.69) is 10.3 Å². The Kier molecular flexibility index (Phi) is 4.79. The lowest BCUT2D eigenvalue weighted by atomic mass is 10.1. The molecular formula is C14H16FN3OS. The van der Waals surface area contributed by atoms with Crippen LogP contribution in [0.1, 0.15) is 11.1 Å². The molecule has 2 aromatic rings. The SMILES string of the molecule is Cc1ccc(CNC(=O)CSc2nccn2C)cc1F. The van der Waals surface area contributed by atoms with E-state index in [-0.39, 0.29) is 11.7 Å². The number of nitrogens with zero attached hydrogens (tertiary/aromatic N) is 2. The van der Waals surface area contributed by atoms with Gasteiger partial charge in [0.15, 0.2) is 5.16 Å². The highest BCUT2D eigenvalue weighted by molar-refractivity contribution is 7.99. The summed E-state index contributed by atoms with van der Waals surface area (Å²) in [6.07, 6.45) is 3.52. The number of benzene rings is 1. The molecule has 1 N–H and O–H groups in total. The van der Waals surface area contributed by atoms with Crippen LogP contribution in [0.3, 0.4) is 0 Å². The van der Waals surface area contributed by atoms with E-state index in [1.807, 2.05) is 23.9 Å². The number of amides is 1. The molecule has 0 saturated heterocycles. The third-order valence-electron chi connectivity index (χ3n) is 2.84. The normalized spacial score (nSPS) is 10.6. The van der Waals surface area contributed by atoms with Gasteiger partial charge in [0.1, 0.15) is 5.82 Å². The Morgan fingerprint density at radius 1 is 1.50 bits per heavy atom. The second-order valence-corrected chi connectivity index (χ2v) is 5.41. The number of imidazole rings is 1. The fraction of sp³-hybridized carbons (Fsp3) is 0.286. The highest BCUT2D eigenvalue weighted by Gasteiger charge is 2.06. The summed E-state index contributed by atoms with van der Waals surface area (Å²) in [5, 5.41) is 3.56. The Labute approximate surface area is 121 Å². The largest absolute Gasteiger partial charge is 0.351 e. The average Bonchev–Trinajstić information content (AvgIpc) is 2.83. The van der Waals surface area contributed by atoms with Crippen molar-refractivity contribution < 1.29 is 9.18 Å². The molecule has 1 amide bonds. The lowest BCUT2D eigenvalue weighted by molar-refractivity contribution is -0.118. The van der Waals surface area contributed by atoms with Crippen LogP contribution in [0.25, 0.3) is 0 Å². The summed E-state index contributed by atoms with van der Waals surface area (Å²) in [5.74, 6) is -0.0581. The summed E-state index contributed by atoms with van der Waals surface area (Å²) in [4.78, 5) is 15.8. The minimum Gasteiger partial charge on any atom is -0.351 e. The fourth-order valence-electron chi connectivity index (χ4n) is 1.62. The van der Waals surface area contributed by atoms with Crippen molar-refractivity contribution in [1.29, 1.82) is 0 Å². The van der Waals surface area contributed by atoms with Crippen LogP contribution in [-0.4, -0.2) is 21.2 Å². The molecule has 0 saturated carbocycles. The molecule has 106 valence electrons. The Hall–Kier alpha value is -1.82. The van der Waals surface area contributed by atoms with Gasteiger partial charge in [0.25, 0.3) is 0 Å². The van der Waals surface area contributed by atoms with Crippen molar-refractivity contribution in [3.8, 4) is 0 Å². The highest BCUT2D eigenvalue weighted by atomic mass is 32.2. The first-order valence-corrected chi connectivity index (χ1v) is 7.16. The number of aryl methyl sites for hydroxylation is 2. The highest BCUT2D eigenvalue weighted by Crippen LogP contribution is 2.14. The topological polar surface area (TPSA) is 46.9 Å². The van der Waals surface area contributed by atoms with Gasteiger partial charge in [-0.05, 0) is 24.1 Å². The summed E-state index contributed by atoms with van der Waals surface area (Å²) in [6, 6.07) is 4.96. The van der Waals surface area contributed by atoms with E-state index in [0.29, 0.717) is 17.9 Å². The van der Waals surface area contributed by atoms with E-state index in [9.17, 15) is 9.18 Å². The van der Waals surface area contributed by atoms with Crippen molar-refractivity contribution in [3.05, 3.63) is 47.5 Å². The zero-order valence-corrected chi connectivity index (χ0v) is 12.2. The average molecular weight is 293 g/mol. The van der Waals surface area contributed by atoms with Gasteiger partial charge in [-0.15, -0.1) is 0 Å². The summed E-state index contributed by atoms with van der Waals surface area (Å²) >= 11 is 1.37. The van der Waals surface area contributed by atoms with Gasteiger partial charge in [-0.3, -0.25) is 4.79 Å². The van der Waals surface area contributed by atoms with Crippen molar-refractivity contribution in [2.24, 2.45) is 7.05 Å².